The fraction of sp³-hybridized carbons (Fsp3) is 0.667. The van der Waals surface area contributed by atoms with E-state index in [0.717, 1.165) is 0 Å². The predicted octanol–water partition coefficient (Wildman–Crippen LogP) is -1.15. The second-order valence-corrected chi connectivity index (χ2v) is 4.43. The summed E-state index contributed by atoms with van der Waals surface area (Å²) in [6, 6.07) is 1.21. The van der Waals surface area contributed by atoms with Crippen LogP contribution in [-0.4, -0.2) is 53.3 Å². The van der Waals surface area contributed by atoms with Crippen molar-refractivity contribution >= 4 is 0 Å². The first kappa shape index (κ1) is 14.9. The highest BCUT2D eigenvalue weighted by Crippen LogP contribution is 2.30. The highest BCUT2D eigenvalue weighted by Gasteiger charge is 2.45. The molecule has 0 bridgehead atoms. The molecule has 2 N–H and O–H groups in total. The first-order chi connectivity index (χ1) is 9.58. The maximum absolute atomic E-state index is 11.8. The van der Waals surface area contributed by atoms with Gasteiger partial charge >= 0.3 is 5.69 Å². The number of aliphatic hydroxyl groups is 1. The average Bonchev–Trinajstić information content (AvgIpc) is 2.72. The largest absolute Gasteiger partial charge is 0.387 e. The Hall–Kier alpha value is -1.48. The van der Waals surface area contributed by atoms with Crippen molar-refractivity contribution in [1.29, 1.82) is 0 Å². The minimum Gasteiger partial charge on any atom is -0.387 e. The Kier molecular flexibility index (Phi) is 4.71. The second kappa shape index (κ2) is 6.31. The smallest absolute Gasteiger partial charge is 0.330 e. The Morgan fingerprint density at radius 3 is 2.85 bits per heavy atom. The topological polar surface area (TPSA) is 103 Å². The molecule has 0 saturated carbocycles. The molecule has 0 aliphatic carbocycles. The molecule has 1 aliphatic heterocycles. The molecule has 2 heterocycles. The molecule has 112 valence electrons. The number of hydrogen-bond donors (Lipinski definition) is 2. The Morgan fingerprint density at radius 2 is 2.25 bits per heavy atom. The van der Waals surface area contributed by atoms with E-state index in [4.69, 9.17) is 14.2 Å². The summed E-state index contributed by atoms with van der Waals surface area (Å²) in [5, 5.41) is 10.1. The van der Waals surface area contributed by atoms with Gasteiger partial charge in [-0.15, -0.1) is 0 Å². The zero-order chi connectivity index (χ0) is 14.7. The van der Waals surface area contributed by atoms with Crippen LogP contribution in [0, 0.1) is 0 Å². The van der Waals surface area contributed by atoms with E-state index in [1.54, 1.807) is 0 Å². The molecule has 8 nitrogen and oxygen atoms in total. The summed E-state index contributed by atoms with van der Waals surface area (Å²) in [6.45, 7) is 2.53. The summed E-state index contributed by atoms with van der Waals surface area (Å²) in [4.78, 5) is 25.0. The lowest BCUT2D eigenvalue weighted by Crippen LogP contribution is -2.38. The summed E-state index contributed by atoms with van der Waals surface area (Å²) in [7, 11) is 1.42. The van der Waals surface area contributed by atoms with E-state index in [2.05, 4.69) is 4.98 Å². The zero-order valence-electron chi connectivity index (χ0n) is 11.3. The molecule has 1 aromatic rings. The molecular formula is C12H18N2O6. The number of ether oxygens (including phenoxy) is 3. The van der Waals surface area contributed by atoms with Crippen LogP contribution >= 0.6 is 0 Å². The van der Waals surface area contributed by atoms with Gasteiger partial charge in [0.05, 0.1) is 6.61 Å². The van der Waals surface area contributed by atoms with Gasteiger partial charge in [-0.2, -0.15) is 0 Å². The highest BCUT2D eigenvalue weighted by molar-refractivity contribution is 4.93. The molecule has 8 heteroatoms. The second-order valence-electron chi connectivity index (χ2n) is 4.43. The van der Waals surface area contributed by atoms with E-state index in [1.165, 1.54) is 23.9 Å². The van der Waals surface area contributed by atoms with Crippen LogP contribution in [-0.2, 0) is 14.2 Å². The van der Waals surface area contributed by atoms with Crippen molar-refractivity contribution in [3.63, 3.8) is 0 Å². The molecule has 0 amide bonds. The number of hydrogen-bond acceptors (Lipinski definition) is 6. The molecule has 2 rings (SSSR count). The third-order valence-electron chi connectivity index (χ3n) is 3.20. The fourth-order valence-electron chi connectivity index (χ4n) is 2.20. The summed E-state index contributed by atoms with van der Waals surface area (Å²) in [6.07, 6.45) is -1.74. The Labute approximate surface area is 114 Å². The van der Waals surface area contributed by atoms with Gasteiger partial charge in [-0.25, -0.2) is 4.79 Å². The SMILES string of the molecule is CCOC[C@H]1O[C@@H](n2ccc(=O)[nH]c2=O)[C@H](OC)[C@@H]1O. The van der Waals surface area contributed by atoms with Crippen LogP contribution in [0.4, 0.5) is 0 Å². The number of aromatic amines is 1. The highest BCUT2D eigenvalue weighted by atomic mass is 16.6. The average molecular weight is 286 g/mol. The Bertz CT molecular complexity index is 553. The first-order valence-corrected chi connectivity index (χ1v) is 6.34. The molecule has 20 heavy (non-hydrogen) atoms. The summed E-state index contributed by atoms with van der Waals surface area (Å²) in [5.41, 5.74) is -1.11. The van der Waals surface area contributed by atoms with Crippen LogP contribution < -0.4 is 11.2 Å². The van der Waals surface area contributed by atoms with Crippen LogP contribution in [0.25, 0.3) is 0 Å². The van der Waals surface area contributed by atoms with Crippen molar-refractivity contribution < 1.29 is 19.3 Å². The fourth-order valence-corrected chi connectivity index (χ4v) is 2.20. The van der Waals surface area contributed by atoms with Gasteiger partial charge < -0.3 is 19.3 Å². The maximum atomic E-state index is 11.8. The summed E-state index contributed by atoms with van der Waals surface area (Å²) in [5.74, 6) is 0. The standard InChI is InChI=1S/C12H18N2O6/c1-3-19-6-7-9(16)10(18-2)11(20-7)14-5-4-8(15)13-12(14)17/h4-5,7,9-11,16H,3,6H2,1-2H3,(H,13,15,17)/t7-,9-,10-,11-/m1/s1. The lowest BCUT2D eigenvalue weighted by atomic mass is 10.1. The van der Waals surface area contributed by atoms with Gasteiger partial charge in [-0.3, -0.25) is 14.3 Å². The van der Waals surface area contributed by atoms with Gasteiger partial charge in [-0.05, 0) is 6.92 Å². The van der Waals surface area contributed by atoms with E-state index < -0.39 is 35.8 Å². The minimum absolute atomic E-state index is 0.201. The molecule has 1 aliphatic rings. The molecule has 0 radical (unpaired) electrons. The quantitative estimate of drug-likeness (QED) is 0.708. The zero-order valence-corrected chi connectivity index (χ0v) is 11.3. The maximum Gasteiger partial charge on any atom is 0.330 e. The Morgan fingerprint density at radius 1 is 1.50 bits per heavy atom. The van der Waals surface area contributed by atoms with Crippen LogP contribution in [0.15, 0.2) is 21.9 Å². The van der Waals surface area contributed by atoms with Crippen LogP contribution in [0.3, 0.4) is 0 Å². The van der Waals surface area contributed by atoms with Crippen molar-refractivity contribution in [2.75, 3.05) is 20.3 Å². The third kappa shape index (κ3) is 2.83. The normalized spacial score (nSPS) is 29.8. The van der Waals surface area contributed by atoms with Gasteiger partial charge in [-0.1, -0.05) is 0 Å². The van der Waals surface area contributed by atoms with Crippen LogP contribution in [0.1, 0.15) is 13.2 Å². The minimum atomic E-state index is -0.921. The van der Waals surface area contributed by atoms with Crippen molar-refractivity contribution in [3.8, 4) is 0 Å². The van der Waals surface area contributed by atoms with E-state index in [9.17, 15) is 14.7 Å². The van der Waals surface area contributed by atoms with Gasteiger partial charge in [0, 0.05) is 26.0 Å². The molecule has 1 saturated heterocycles. The van der Waals surface area contributed by atoms with Gasteiger partial charge in [0.25, 0.3) is 5.56 Å². The monoisotopic (exact) mass is 286 g/mol. The lowest BCUT2D eigenvalue weighted by Gasteiger charge is -2.19. The summed E-state index contributed by atoms with van der Waals surface area (Å²) >= 11 is 0. The van der Waals surface area contributed by atoms with Gasteiger partial charge in [0.2, 0.25) is 0 Å². The number of H-pyrrole nitrogens is 1. The van der Waals surface area contributed by atoms with Crippen molar-refractivity contribution in [2.45, 2.75) is 31.5 Å². The van der Waals surface area contributed by atoms with Crippen LogP contribution in [0.2, 0.25) is 0 Å². The van der Waals surface area contributed by atoms with E-state index >= 15 is 0 Å². The number of nitrogens with one attached hydrogen (secondary N) is 1. The number of nitrogens with zero attached hydrogens (tertiary/aromatic N) is 1. The number of aliphatic hydroxyl groups excluding tert-OH is 1. The predicted molar refractivity (Wildman–Crippen MR) is 68.5 cm³/mol. The first-order valence-electron chi connectivity index (χ1n) is 6.34. The van der Waals surface area contributed by atoms with E-state index in [0.29, 0.717) is 6.61 Å². The molecule has 4 atom stereocenters. The van der Waals surface area contributed by atoms with Crippen molar-refractivity contribution in [2.24, 2.45) is 0 Å². The molecule has 0 aromatic carbocycles. The molecule has 0 unspecified atom stereocenters. The number of rotatable bonds is 5. The lowest BCUT2D eigenvalue weighted by molar-refractivity contribution is -0.0710. The molecule has 0 spiro atoms. The van der Waals surface area contributed by atoms with E-state index in [1.807, 2.05) is 6.92 Å². The van der Waals surface area contributed by atoms with Crippen LogP contribution in [0.5, 0.6) is 0 Å². The third-order valence-corrected chi connectivity index (χ3v) is 3.20. The Balaban J connectivity index is 2.26. The van der Waals surface area contributed by atoms with Gasteiger partial charge in [0.15, 0.2) is 6.23 Å². The van der Waals surface area contributed by atoms with Crippen molar-refractivity contribution in [1.82, 2.24) is 9.55 Å². The molecular weight excluding hydrogens is 268 g/mol. The van der Waals surface area contributed by atoms with Gasteiger partial charge in [0.1, 0.15) is 18.3 Å². The number of methoxy groups -OCH3 is 1. The molecule has 1 aromatic heterocycles. The molecule has 1 fully saturated rings. The number of aromatic nitrogens is 2. The van der Waals surface area contributed by atoms with Crippen molar-refractivity contribution in [3.05, 3.63) is 33.1 Å². The van der Waals surface area contributed by atoms with E-state index in [-0.39, 0.29) is 6.61 Å². The summed E-state index contributed by atoms with van der Waals surface area (Å²) < 4.78 is 17.2.